The Bertz CT molecular complexity index is 770. The van der Waals surface area contributed by atoms with E-state index in [9.17, 15) is 4.39 Å². The number of hydrogen-bond acceptors (Lipinski definition) is 4. The summed E-state index contributed by atoms with van der Waals surface area (Å²) in [6.45, 7) is 1.50. The van der Waals surface area contributed by atoms with Crippen molar-refractivity contribution in [2.45, 2.75) is 25.6 Å². The van der Waals surface area contributed by atoms with E-state index in [1.165, 1.54) is 6.07 Å². The molecule has 0 unspecified atom stereocenters. The Labute approximate surface area is 142 Å². The highest BCUT2D eigenvalue weighted by Crippen LogP contribution is 2.23. The van der Waals surface area contributed by atoms with Gasteiger partial charge in [0.2, 0.25) is 0 Å². The summed E-state index contributed by atoms with van der Waals surface area (Å²) in [4.78, 5) is 0. The summed E-state index contributed by atoms with van der Waals surface area (Å²) < 4.78 is 33.1. The third kappa shape index (κ3) is 4.24. The fraction of sp³-hybridized carbons (Fsp3) is 0.316. The van der Waals surface area contributed by atoms with E-state index in [-0.39, 0.29) is 18.3 Å². The highest BCUT2D eigenvalue weighted by Gasteiger charge is 2.14. The second-order valence-electron chi connectivity index (χ2n) is 5.67. The monoisotopic (exact) mass is 327 g/mol. The van der Waals surface area contributed by atoms with Crippen LogP contribution in [0.25, 0.3) is 0 Å². The molecule has 1 fully saturated rings. The van der Waals surface area contributed by atoms with Gasteiger partial charge in [0, 0.05) is 11.6 Å². The lowest BCUT2D eigenvalue weighted by Crippen LogP contribution is -2.34. The van der Waals surface area contributed by atoms with E-state index in [0.29, 0.717) is 30.2 Å². The Balaban J connectivity index is 1.59. The van der Waals surface area contributed by atoms with Crippen LogP contribution >= 0.6 is 0 Å². The summed E-state index contributed by atoms with van der Waals surface area (Å²) in [7, 11) is 0. The minimum Gasteiger partial charge on any atom is -0.490 e. The van der Waals surface area contributed by atoms with Crippen molar-refractivity contribution >= 4 is 0 Å². The number of nitrogens with zero attached hydrogens (tertiary/aromatic N) is 1. The number of nitriles is 1. The summed E-state index contributed by atoms with van der Waals surface area (Å²) in [5.41, 5.74) is 0.684. The van der Waals surface area contributed by atoms with Crippen LogP contribution in [0.1, 0.15) is 24.0 Å². The molecule has 2 aromatic carbocycles. The number of ether oxygens (including phenoxy) is 2. The van der Waals surface area contributed by atoms with Crippen LogP contribution in [0, 0.1) is 17.1 Å². The topological polar surface area (TPSA) is 54.3 Å². The number of benzene rings is 2. The average molecular weight is 327 g/mol. The van der Waals surface area contributed by atoms with Crippen molar-refractivity contribution in [3.63, 3.8) is 0 Å². The lowest BCUT2D eigenvalue weighted by atomic mass is 10.1. The zero-order valence-electron chi connectivity index (χ0n) is 14.2. The van der Waals surface area contributed by atoms with Crippen LogP contribution in [-0.2, 0) is 6.61 Å². The molecule has 124 valence electrons. The van der Waals surface area contributed by atoms with Crippen molar-refractivity contribution in [2.75, 3.05) is 13.1 Å². The van der Waals surface area contributed by atoms with Crippen molar-refractivity contribution in [3.8, 4) is 17.6 Å². The van der Waals surface area contributed by atoms with Gasteiger partial charge in [-0.25, -0.2) is 4.39 Å². The molecule has 4 nitrogen and oxygen atoms in total. The third-order valence-corrected chi connectivity index (χ3v) is 3.90. The largest absolute Gasteiger partial charge is 0.490 e. The van der Waals surface area contributed by atoms with Crippen molar-refractivity contribution < 1.29 is 15.3 Å². The van der Waals surface area contributed by atoms with E-state index in [2.05, 4.69) is 0 Å². The second kappa shape index (κ2) is 7.80. The molecular weight excluding hydrogens is 307 g/mol. The van der Waals surface area contributed by atoms with Crippen LogP contribution in [0.5, 0.6) is 11.5 Å². The summed E-state index contributed by atoms with van der Waals surface area (Å²) in [6, 6.07) is 13.5. The Morgan fingerprint density at radius 3 is 2.75 bits per heavy atom. The molecule has 0 amide bonds. The molecule has 24 heavy (non-hydrogen) atoms. The van der Waals surface area contributed by atoms with E-state index >= 15 is 0 Å². The lowest BCUT2D eigenvalue weighted by molar-refractivity contribution is 0.161. The zero-order valence-corrected chi connectivity index (χ0v) is 13.2. The van der Waals surface area contributed by atoms with Crippen LogP contribution in [0.15, 0.2) is 42.5 Å². The Hall–Kier alpha value is -2.58. The molecular formula is C19H19FN2O2. The molecule has 3 rings (SSSR count). The first-order valence-electron chi connectivity index (χ1n) is 8.40. The predicted molar refractivity (Wildman–Crippen MR) is 88.4 cm³/mol. The molecule has 0 aromatic heterocycles. The smallest absolute Gasteiger partial charge is 0.131 e. The van der Waals surface area contributed by atoms with Gasteiger partial charge in [-0.3, -0.25) is 0 Å². The molecule has 0 saturated carbocycles. The van der Waals surface area contributed by atoms with E-state index < -0.39 is 5.82 Å². The fourth-order valence-corrected chi connectivity index (χ4v) is 2.57. The number of rotatable bonds is 5. The Morgan fingerprint density at radius 2 is 2.00 bits per heavy atom. The number of piperidine rings is 1. The molecule has 1 aliphatic rings. The van der Waals surface area contributed by atoms with E-state index in [1.807, 2.05) is 18.2 Å². The standard InChI is InChI=1S/C19H19FN2O2/c20-19-10-14(12-21)4-5-15(19)13-23-17-2-1-3-18(11-17)24-16-6-8-22-9-7-16/h1-5,10-11,16,22H,6-9,13H2/i/hD. The Morgan fingerprint density at radius 1 is 1.21 bits per heavy atom. The molecule has 0 radical (unpaired) electrons. The van der Waals surface area contributed by atoms with Crippen LogP contribution in [-0.4, -0.2) is 19.2 Å². The van der Waals surface area contributed by atoms with E-state index in [0.717, 1.165) is 12.8 Å². The summed E-state index contributed by atoms with van der Waals surface area (Å²) in [5, 5.41) is 10.3. The van der Waals surface area contributed by atoms with Crippen LogP contribution < -0.4 is 14.8 Å². The van der Waals surface area contributed by atoms with Gasteiger partial charge in [0.05, 0.1) is 11.6 Å². The molecule has 1 saturated heterocycles. The summed E-state index contributed by atoms with van der Waals surface area (Å²) in [5.74, 6) is 0.856. The highest BCUT2D eigenvalue weighted by molar-refractivity contribution is 5.35. The van der Waals surface area contributed by atoms with Gasteiger partial charge in [-0.2, -0.15) is 5.26 Å². The molecule has 1 N–H and O–H groups in total. The van der Waals surface area contributed by atoms with Gasteiger partial charge in [-0.1, -0.05) is 12.1 Å². The first-order chi connectivity index (χ1) is 12.1. The second-order valence-corrected chi connectivity index (χ2v) is 5.67. The highest BCUT2D eigenvalue weighted by atomic mass is 19.1. The van der Waals surface area contributed by atoms with E-state index in [4.69, 9.17) is 16.1 Å². The normalized spacial score (nSPS) is 16.2. The quantitative estimate of drug-likeness (QED) is 0.914. The van der Waals surface area contributed by atoms with Crippen LogP contribution in [0.4, 0.5) is 4.39 Å². The molecule has 5 heteroatoms. The van der Waals surface area contributed by atoms with Crippen LogP contribution in [0.3, 0.4) is 0 Å². The molecule has 0 bridgehead atoms. The summed E-state index contributed by atoms with van der Waals surface area (Å²) in [6.07, 6.45) is 1.75. The average Bonchev–Trinajstić information content (AvgIpc) is 2.63. The fourth-order valence-electron chi connectivity index (χ4n) is 2.57. The van der Waals surface area contributed by atoms with Gasteiger partial charge in [0.1, 0.15) is 31.4 Å². The molecule has 1 heterocycles. The maximum Gasteiger partial charge on any atom is 0.131 e. The maximum atomic E-state index is 13.9. The molecule has 0 atom stereocenters. The lowest BCUT2D eigenvalue weighted by Gasteiger charge is -2.24. The molecule has 0 spiro atoms. The van der Waals surface area contributed by atoms with Gasteiger partial charge in [-0.05, 0) is 50.2 Å². The van der Waals surface area contributed by atoms with Gasteiger partial charge < -0.3 is 14.8 Å². The van der Waals surface area contributed by atoms with Gasteiger partial charge in [0.25, 0.3) is 0 Å². The van der Waals surface area contributed by atoms with Crippen molar-refractivity contribution in [3.05, 3.63) is 59.4 Å². The number of nitrogens with one attached hydrogen (secondary N) is 1. The SMILES string of the molecule is [2H]N1CCC(Oc2cccc(OCc3ccc(C#N)cc3F)c2)CC1. The summed E-state index contributed by atoms with van der Waals surface area (Å²) >= 11 is 0. The van der Waals surface area contributed by atoms with Crippen molar-refractivity contribution in [2.24, 2.45) is 0 Å². The van der Waals surface area contributed by atoms with Gasteiger partial charge >= 0.3 is 0 Å². The molecule has 1 aliphatic heterocycles. The predicted octanol–water partition coefficient (Wildman–Crippen LogP) is 3.41. The van der Waals surface area contributed by atoms with E-state index in [1.54, 1.807) is 29.6 Å². The minimum atomic E-state index is -0.450. The molecule has 0 aliphatic carbocycles. The number of halogens is 1. The maximum absolute atomic E-state index is 13.9. The molecule has 2 aromatic rings. The number of hydrogen-bond donors (Lipinski definition) is 1. The van der Waals surface area contributed by atoms with Crippen LogP contribution in [0.2, 0.25) is 1.41 Å². The first-order valence-corrected chi connectivity index (χ1v) is 7.96. The Kier molecular flexibility index (Phi) is 4.87. The third-order valence-electron chi connectivity index (χ3n) is 3.90. The van der Waals surface area contributed by atoms with Gasteiger partial charge in [-0.15, -0.1) is 0 Å². The van der Waals surface area contributed by atoms with Crippen molar-refractivity contribution in [1.29, 1.82) is 5.26 Å². The van der Waals surface area contributed by atoms with Crippen molar-refractivity contribution in [1.82, 2.24) is 5.31 Å². The van der Waals surface area contributed by atoms with Gasteiger partial charge in [0.15, 0.2) is 0 Å². The zero-order chi connectivity index (χ0) is 17.6. The minimum absolute atomic E-state index is 0.0816. The first kappa shape index (κ1) is 15.0.